The SMILES string of the molecule is Cc1ccc(S(=O)(=O)Oc2noc3ccccc23)cc1. The molecule has 1 aromatic heterocycles. The van der Waals surface area contributed by atoms with E-state index in [0.29, 0.717) is 11.0 Å². The van der Waals surface area contributed by atoms with Gasteiger partial charge in [-0.3, -0.25) is 0 Å². The van der Waals surface area contributed by atoms with Crippen molar-refractivity contribution >= 4 is 21.1 Å². The van der Waals surface area contributed by atoms with Gasteiger partial charge in [-0.15, -0.1) is 0 Å². The number of aromatic nitrogens is 1. The van der Waals surface area contributed by atoms with Crippen molar-refractivity contribution in [3.63, 3.8) is 0 Å². The molecule has 0 aliphatic rings. The van der Waals surface area contributed by atoms with Crippen LogP contribution in [0.25, 0.3) is 11.0 Å². The fraction of sp³-hybridized carbons (Fsp3) is 0.0714. The van der Waals surface area contributed by atoms with Crippen molar-refractivity contribution in [3.05, 3.63) is 54.1 Å². The van der Waals surface area contributed by atoms with Crippen LogP contribution >= 0.6 is 0 Å². The minimum Gasteiger partial charge on any atom is -0.354 e. The monoisotopic (exact) mass is 289 g/mol. The van der Waals surface area contributed by atoms with E-state index < -0.39 is 10.1 Å². The zero-order chi connectivity index (χ0) is 14.2. The van der Waals surface area contributed by atoms with E-state index in [9.17, 15) is 8.42 Å². The minimum atomic E-state index is -3.91. The van der Waals surface area contributed by atoms with Gasteiger partial charge < -0.3 is 8.71 Å². The van der Waals surface area contributed by atoms with Gasteiger partial charge in [-0.1, -0.05) is 29.8 Å². The van der Waals surface area contributed by atoms with Crippen molar-refractivity contribution in [1.29, 1.82) is 0 Å². The molecular formula is C14H11NO4S. The first-order chi connectivity index (χ1) is 9.56. The Morgan fingerprint density at radius 3 is 2.50 bits per heavy atom. The van der Waals surface area contributed by atoms with E-state index in [1.54, 1.807) is 36.4 Å². The first kappa shape index (κ1) is 12.7. The highest BCUT2D eigenvalue weighted by Crippen LogP contribution is 2.27. The average Bonchev–Trinajstić information content (AvgIpc) is 2.82. The van der Waals surface area contributed by atoms with E-state index in [0.717, 1.165) is 5.56 Å². The van der Waals surface area contributed by atoms with Crippen LogP contribution in [0.5, 0.6) is 5.88 Å². The molecule has 6 heteroatoms. The average molecular weight is 289 g/mol. The summed E-state index contributed by atoms with van der Waals surface area (Å²) in [5, 5.41) is 4.16. The molecule has 3 rings (SSSR count). The van der Waals surface area contributed by atoms with Gasteiger partial charge in [0.2, 0.25) is 0 Å². The predicted octanol–water partition coefficient (Wildman–Crippen LogP) is 2.90. The fourth-order valence-corrected chi connectivity index (χ4v) is 2.67. The summed E-state index contributed by atoms with van der Waals surface area (Å²) in [6.07, 6.45) is 0. The fourth-order valence-electron chi connectivity index (χ4n) is 1.78. The molecule has 0 fully saturated rings. The Labute approximate surface area is 115 Å². The molecule has 0 bridgehead atoms. The summed E-state index contributed by atoms with van der Waals surface area (Å²) in [5.41, 5.74) is 1.44. The van der Waals surface area contributed by atoms with Crippen LogP contribution in [0.1, 0.15) is 5.56 Å². The zero-order valence-corrected chi connectivity index (χ0v) is 11.4. The van der Waals surface area contributed by atoms with Gasteiger partial charge in [-0.25, -0.2) is 0 Å². The van der Waals surface area contributed by atoms with Crippen LogP contribution in [-0.4, -0.2) is 13.6 Å². The van der Waals surface area contributed by atoms with Crippen LogP contribution in [-0.2, 0) is 10.1 Å². The van der Waals surface area contributed by atoms with E-state index in [1.165, 1.54) is 12.1 Å². The van der Waals surface area contributed by atoms with E-state index in [4.69, 9.17) is 8.71 Å². The molecule has 1 heterocycles. The third-order valence-electron chi connectivity index (χ3n) is 2.84. The van der Waals surface area contributed by atoms with Crippen LogP contribution < -0.4 is 4.18 Å². The first-order valence-corrected chi connectivity index (χ1v) is 7.33. The summed E-state index contributed by atoms with van der Waals surface area (Å²) in [6.45, 7) is 1.88. The molecule has 0 saturated carbocycles. The maximum atomic E-state index is 12.2. The molecule has 2 aromatic carbocycles. The smallest absolute Gasteiger partial charge is 0.340 e. The highest BCUT2D eigenvalue weighted by Gasteiger charge is 2.20. The molecule has 102 valence electrons. The molecule has 0 aliphatic carbocycles. The Bertz CT molecular complexity index is 850. The second kappa shape index (κ2) is 4.64. The Morgan fingerprint density at radius 2 is 1.75 bits per heavy atom. The second-order valence-electron chi connectivity index (χ2n) is 4.33. The summed E-state index contributed by atoms with van der Waals surface area (Å²) >= 11 is 0. The molecule has 20 heavy (non-hydrogen) atoms. The van der Waals surface area contributed by atoms with E-state index in [1.807, 2.05) is 6.92 Å². The van der Waals surface area contributed by atoms with Gasteiger partial charge in [0.25, 0.3) is 5.88 Å². The number of aryl methyl sites for hydroxylation is 1. The summed E-state index contributed by atoms with van der Waals surface area (Å²) in [6, 6.07) is 13.3. The van der Waals surface area contributed by atoms with Crippen LogP contribution in [0.4, 0.5) is 0 Å². The summed E-state index contributed by atoms with van der Waals surface area (Å²) in [4.78, 5) is 0.0789. The highest BCUT2D eigenvalue weighted by molar-refractivity contribution is 7.87. The van der Waals surface area contributed by atoms with E-state index in [-0.39, 0.29) is 10.8 Å². The molecule has 3 aromatic rings. The summed E-state index contributed by atoms with van der Waals surface area (Å²) in [7, 11) is -3.91. The summed E-state index contributed by atoms with van der Waals surface area (Å²) < 4.78 is 34.4. The van der Waals surface area contributed by atoms with Gasteiger partial charge in [0.1, 0.15) is 4.90 Å². The van der Waals surface area contributed by atoms with Gasteiger partial charge in [0.15, 0.2) is 5.58 Å². The zero-order valence-electron chi connectivity index (χ0n) is 10.6. The van der Waals surface area contributed by atoms with E-state index >= 15 is 0 Å². The van der Waals surface area contributed by atoms with Crippen LogP contribution in [0.2, 0.25) is 0 Å². The van der Waals surface area contributed by atoms with Crippen molar-refractivity contribution in [2.45, 2.75) is 11.8 Å². The third-order valence-corrected chi connectivity index (χ3v) is 4.07. The number of fused-ring (bicyclic) bond motifs is 1. The number of hydrogen-bond acceptors (Lipinski definition) is 5. The number of nitrogens with zero attached hydrogens (tertiary/aromatic N) is 1. The van der Waals surface area contributed by atoms with Crippen molar-refractivity contribution in [2.75, 3.05) is 0 Å². The molecule has 5 nitrogen and oxygen atoms in total. The number of para-hydroxylation sites is 1. The minimum absolute atomic E-state index is 0.0545. The predicted molar refractivity (Wildman–Crippen MR) is 73.0 cm³/mol. The van der Waals surface area contributed by atoms with Crippen molar-refractivity contribution < 1.29 is 17.1 Å². The topological polar surface area (TPSA) is 69.4 Å². The normalized spacial score (nSPS) is 11.7. The van der Waals surface area contributed by atoms with Gasteiger partial charge in [-0.05, 0) is 36.3 Å². The molecular weight excluding hydrogens is 278 g/mol. The highest BCUT2D eigenvalue weighted by atomic mass is 32.2. The number of hydrogen-bond donors (Lipinski definition) is 0. The van der Waals surface area contributed by atoms with Crippen LogP contribution in [0, 0.1) is 6.92 Å². The largest absolute Gasteiger partial charge is 0.354 e. The summed E-state index contributed by atoms with van der Waals surface area (Å²) in [5.74, 6) is -0.0545. The quantitative estimate of drug-likeness (QED) is 0.693. The third kappa shape index (κ3) is 2.25. The molecule has 0 aliphatic heterocycles. The first-order valence-electron chi connectivity index (χ1n) is 5.92. The number of benzene rings is 2. The molecule has 0 radical (unpaired) electrons. The maximum Gasteiger partial charge on any atom is 0.340 e. The van der Waals surface area contributed by atoms with Crippen LogP contribution in [0.15, 0.2) is 57.9 Å². The second-order valence-corrected chi connectivity index (χ2v) is 5.88. The van der Waals surface area contributed by atoms with E-state index in [2.05, 4.69) is 5.16 Å². The lowest BCUT2D eigenvalue weighted by Crippen LogP contribution is -2.10. The molecule has 0 unspecified atom stereocenters. The Morgan fingerprint density at radius 1 is 1.05 bits per heavy atom. The molecule has 0 atom stereocenters. The van der Waals surface area contributed by atoms with Crippen LogP contribution in [0.3, 0.4) is 0 Å². The standard InChI is InChI=1S/C14H11NO4S/c1-10-6-8-11(9-7-10)20(16,17)19-14-12-4-2-3-5-13(12)18-15-14/h2-9H,1H3. The van der Waals surface area contributed by atoms with Gasteiger partial charge >= 0.3 is 10.1 Å². The molecule has 0 N–H and O–H groups in total. The van der Waals surface area contributed by atoms with Crippen molar-refractivity contribution in [1.82, 2.24) is 5.16 Å². The molecule has 0 spiro atoms. The van der Waals surface area contributed by atoms with Gasteiger partial charge in [0, 0.05) is 0 Å². The Kier molecular flexibility index (Phi) is 2.94. The number of rotatable bonds is 3. The molecule has 0 amide bonds. The van der Waals surface area contributed by atoms with Crippen molar-refractivity contribution in [2.24, 2.45) is 0 Å². The lowest BCUT2D eigenvalue weighted by molar-refractivity contribution is 0.404. The molecule has 0 saturated heterocycles. The Balaban J connectivity index is 1.99. The van der Waals surface area contributed by atoms with Gasteiger partial charge in [-0.2, -0.15) is 8.42 Å². The lowest BCUT2D eigenvalue weighted by atomic mass is 10.2. The van der Waals surface area contributed by atoms with Crippen molar-refractivity contribution in [3.8, 4) is 5.88 Å². The maximum absolute atomic E-state index is 12.2. The lowest BCUT2D eigenvalue weighted by Gasteiger charge is -2.04. The Hall–Kier alpha value is -2.34. The van der Waals surface area contributed by atoms with Gasteiger partial charge in [0.05, 0.1) is 5.39 Å².